The van der Waals surface area contributed by atoms with Gasteiger partial charge in [-0.2, -0.15) is 0 Å². The van der Waals surface area contributed by atoms with Crippen LogP contribution < -0.4 is 0 Å². The van der Waals surface area contributed by atoms with Crippen molar-refractivity contribution in [1.29, 1.82) is 0 Å². The van der Waals surface area contributed by atoms with Crippen LogP contribution in [0.15, 0.2) is 64.1 Å². The van der Waals surface area contributed by atoms with Crippen LogP contribution in [0.4, 0.5) is 0 Å². The van der Waals surface area contributed by atoms with Gasteiger partial charge < -0.3 is 9.52 Å². The summed E-state index contributed by atoms with van der Waals surface area (Å²) in [6.45, 7) is 0. The molecular weight excluding hydrogens is 292 g/mol. The van der Waals surface area contributed by atoms with Crippen molar-refractivity contribution < 1.29 is 9.52 Å². The number of para-hydroxylation sites is 1. The SMILES string of the molecule is OC(CSc1cccc(Cl)c1)c1coc2ccccc12. The summed E-state index contributed by atoms with van der Waals surface area (Å²) in [7, 11) is 0. The van der Waals surface area contributed by atoms with Gasteiger partial charge in [-0.3, -0.25) is 0 Å². The minimum atomic E-state index is -0.567. The summed E-state index contributed by atoms with van der Waals surface area (Å²) in [5, 5.41) is 12.0. The maximum Gasteiger partial charge on any atom is 0.134 e. The number of thioether (sulfide) groups is 1. The lowest BCUT2D eigenvalue weighted by Crippen LogP contribution is -1.99. The molecule has 0 saturated carbocycles. The molecule has 0 amide bonds. The van der Waals surface area contributed by atoms with Crippen LogP contribution in [0.25, 0.3) is 11.0 Å². The largest absolute Gasteiger partial charge is 0.464 e. The highest BCUT2D eigenvalue weighted by atomic mass is 35.5. The summed E-state index contributed by atoms with van der Waals surface area (Å²) in [6.07, 6.45) is 1.07. The molecule has 0 spiro atoms. The molecule has 1 N–H and O–H groups in total. The molecule has 1 atom stereocenters. The molecule has 2 aromatic carbocycles. The number of furan rings is 1. The van der Waals surface area contributed by atoms with E-state index < -0.39 is 6.10 Å². The summed E-state index contributed by atoms with van der Waals surface area (Å²) in [4.78, 5) is 1.05. The summed E-state index contributed by atoms with van der Waals surface area (Å²) in [5.41, 5.74) is 1.63. The van der Waals surface area contributed by atoms with Gasteiger partial charge in [-0.15, -0.1) is 11.8 Å². The molecular formula is C16H13ClO2S. The zero-order valence-electron chi connectivity index (χ0n) is 10.6. The summed E-state index contributed by atoms with van der Waals surface area (Å²) >= 11 is 7.52. The molecule has 0 aliphatic rings. The lowest BCUT2D eigenvalue weighted by atomic mass is 10.1. The molecule has 3 aromatic rings. The van der Waals surface area contributed by atoms with Crippen molar-refractivity contribution in [2.45, 2.75) is 11.0 Å². The Kier molecular flexibility index (Phi) is 4.01. The van der Waals surface area contributed by atoms with Gasteiger partial charge in [0.15, 0.2) is 0 Å². The topological polar surface area (TPSA) is 33.4 Å². The van der Waals surface area contributed by atoms with Crippen molar-refractivity contribution >= 4 is 34.3 Å². The fourth-order valence-corrected chi connectivity index (χ4v) is 3.25. The second-order valence-electron chi connectivity index (χ2n) is 4.47. The Morgan fingerprint density at radius 1 is 1.15 bits per heavy atom. The van der Waals surface area contributed by atoms with E-state index in [0.717, 1.165) is 21.4 Å². The quantitative estimate of drug-likeness (QED) is 0.695. The van der Waals surface area contributed by atoms with Crippen molar-refractivity contribution in [3.8, 4) is 0 Å². The molecule has 0 bridgehead atoms. The number of aliphatic hydroxyl groups excluding tert-OH is 1. The summed E-state index contributed by atoms with van der Waals surface area (Å²) in [6, 6.07) is 15.3. The van der Waals surface area contributed by atoms with Crippen LogP contribution in [-0.2, 0) is 0 Å². The molecule has 2 nitrogen and oxygen atoms in total. The van der Waals surface area contributed by atoms with E-state index in [-0.39, 0.29) is 0 Å². The third-order valence-electron chi connectivity index (χ3n) is 3.07. The van der Waals surface area contributed by atoms with Crippen LogP contribution in [0, 0.1) is 0 Å². The lowest BCUT2D eigenvalue weighted by Gasteiger charge is -2.09. The van der Waals surface area contributed by atoms with Crippen molar-refractivity contribution in [2.75, 3.05) is 5.75 Å². The first-order valence-corrected chi connectivity index (χ1v) is 7.63. The van der Waals surface area contributed by atoms with Gasteiger partial charge in [-0.25, -0.2) is 0 Å². The Balaban J connectivity index is 1.75. The van der Waals surface area contributed by atoms with Crippen LogP contribution in [0.3, 0.4) is 0 Å². The average Bonchev–Trinajstić information content (AvgIpc) is 2.89. The molecule has 20 heavy (non-hydrogen) atoms. The first-order valence-electron chi connectivity index (χ1n) is 6.26. The Hall–Kier alpha value is -1.42. The van der Waals surface area contributed by atoms with Gasteiger partial charge in [-0.1, -0.05) is 35.9 Å². The number of hydrogen-bond donors (Lipinski definition) is 1. The second kappa shape index (κ2) is 5.92. The smallest absolute Gasteiger partial charge is 0.134 e. The highest BCUT2D eigenvalue weighted by Gasteiger charge is 2.14. The number of rotatable bonds is 4. The number of fused-ring (bicyclic) bond motifs is 1. The third kappa shape index (κ3) is 2.85. The maximum absolute atomic E-state index is 10.3. The zero-order valence-corrected chi connectivity index (χ0v) is 12.2. The summed E-state index contributed by atoms with van der Waals surface area (Å²) in [5.74, 6) is 0.559. The minimum Gasteiger partial charge on any atom is -0.464 e. The maximum atomic E-state index is 10.3. The molecule has 0 aliphatic heterocycles. The standard InChI is InChI=1S/C16H13ClO2S/c17-11-4-3-5-12(8-11)20-10-15(18)14-9-19-16-7-2-1-6-13(14)16/h1-9,15,18H,10H2. The molecule has 1 unspecified atom stereocenters. The Morgan fingerprint density at radius 3 is 2.85 bits per heavy atom. The molecule has 1 aromatic heterocycles. The normalized spacial score (nSPS) is 12.7. The lowest BCUT2D eigenvalue weighted by molar-refractivity contribution is 0.204. The van der Waals surface area contributed by atoms with E-state index >= 15 is 0 Å². The number of hydrogen-bond acceptors (Lipinski definition) is 3. The number of halogens is 1. The van der Waals surface area contributed by atoms with Crippen molar-refractivity contribution in [3.63, 3.8) is 0 Å². The van der Waals surface area contributed by atoms with Gasteiger partial charge in [0.25, 0.3) is 0 Å². The molecule has 0 saturated heterocycles. The Labute approximate surface area is 126 Å². The van der Waals surface area contributed by atoms with Crippen LogP contribution >= 0.6 is 23.4 Å². The van der Waals surface area contributed by atoms with Crippen LogP contribution in [0.2, 0.25) is 5.02 Å². The van der Waals surface area contributed by atoms with E-state index in [4.69, 9.17) is 16.0 Å². The molecule has 102 valence electrons. The predicted molar refractivity (Wildman–Crippen MR) is 83.3 cm³/mol. The molecule has 3 rings (SSSR count). The fraction of sp³-hybridized carbons (Fsp3) is 0.125. The van der Waals surface area contributed by atoms with Crippen LogP contribution in [0.1, 0.15) is 11.7 Å². The zero-order chi connectivity index (χ0) is 13.9. The average molecular weight is 305 g/mol. The highest BCUT2D eigenvalue weighted by molar-refractivity contribution is 7.99. The van der Waals surface area contributed by atoms with E-state index in [1.54, 1.807) is 18.0 Å². The van der Waals surface area contributed by atoms with E-state index in [9.17, 15) is 5.11 Å². The third-order valence-corrected chi connectivity index (χ3v) is 4.38. The van der Waals surface area contributed by atoms with Gasteiger partial charge in [0.1, 0.15) is 5.58 Å². The summed E-state index contributed by atoms with van der Waals surface area (Å²) < 4.78 is 5.45. The van der Waals surface area contributed by atoms with E-state index in [2.05, 4.69) is 0 Å². The molecule has 1 heterocycles. The predicted octanol–water partition coefficient (Wildman–Crippen LogP) is 4.91. The molecule has 0 radical (unpaired) electrons. The first kappa shape index (κ1) is 13.6. The van der Waals surface area contributed by atoms with Gasteiger partial charge in [0, 0.05) is 26.6 Å². The molecule has 0 fully saturated rings. The van der Waals surface area contributed by atoms with Crippen molar-refractivity contribution in [1.82, 2.24) is 0 Å². The van der Waals surface area contributed by atoms with Crippen LogP contribution in [-0.4, -0.2) is 10.9 Å². The highest BCUT2D eigenvalue weighted by Crippen LogP contribution is 2.31. The van der Waals surface area contributed by atoms with Gasteiger partial charge >= 0.3 is 0 Å². The molecule has 4 heteroatoms. The first-order chi connectivity index (χ1) is 9.74. The van der Waals surface area contributed by atoms with E-state index in [1.807, 2.05) is 48.5 Å². The van der Waals surface area contributed by atoms with E-state index in [1.165, 1.54) is 0 Å². The van der Waals surface area contributed by atoms with E-state index in [0.29, 0.717) is 10.8 Å². The van der Waals surface area contributed by atoms with Crippen molar-refractivity contribution in [2.24, 2.45) is 0 Å². The Bertz CT molecular complexity index is 723. The second-order valence-corrected chi connectivity index (χ2v) is 6.00. The molecule has 0 aliphatic carbocycles. The van der Waals surface area contributed by atoms with Gasteiger partial charge in [-0.05, 0) is 24.3 Å². The number of aliphatic hydroxyl groups is 1. The van der Waals surface area contributed by atoms with Crippen LogP contribution in [0.5, 0.6) is 0 Å². The fourth-order valence-electron chi connectivity index (χ4n) is 2.08. The van der Waals surface area contributed by atoms with Crippen molar-refractivity contribution in [3.05, 3.63) is 65.4 Å². The Morgan fingerprint density at radius 2 is 2.00 bits per heavy atom. The monoisotopic (exact) mass is 304 g/mol. The van der Waals surface area contributed by atoms with Gasteiger partial charge in [0.05, 0.1) is 12.4 Å². The van der Waals surface area contributed by atoms with Gasteiger partial charge in [0.2, 0.25) is 0 Å². The number of benzene rings is 2. The minimum absolute atomic E-state index is 0.559.